The smallest absolute Gasteiger partial charge is 0.173 e. The molecule has 0 saturated carbocycles. The van der Waals surface area contributed by atoms with Crippen molar-refractivity contribution in [1.29, 1.82) is 0 Å². The molecule has 0 fully saturated rings. The zero-order chi connectivity index (χ0) is 11.5. The lowest BCUT2D eigenvalue weighted by Crippen LogP contribution is -1.91. The molecule has 2 nitrogen and oxygen atoms in total. The van der Waals surface area contributed by atoms with E-state index >= 15 is 0 Å². The Bertz CT molecular complexity index is 496. The lowest BCUT2D eigenvalue weighted by Gasteiger charge is -2.05. The Balaban J connectivity index is 2.47. The predicted octanol–water partition coefficient (Wildman–Crippen LogP) is 3.02. The van der Waals surface area contributed by atoms with E-state index in [4.69, 9.17) is 10.5 Å². The third-order valence-electron chi connectivity index (χ3n) is 2.31. The Morgan fingerprint density at radius 2 is 2.12 bits per heavy atom. The van der Waals surface area contributed by atoms with Gasteiger partial charge in [-0.05, 0) is 18.2 Å². The summed E-state index contributed by atoms with van der Waals surface area (Å²) in [6.07, 6.45) is 0. The van der Waals surface area contributed by atoms with Crippen molar-refractivity contribution in [3.8, 4) is 16.2 Å². The lowest BCUT2D eigenvalue weighted by molar-refractivity contribution is 0.387. The molecular weight excluding hydrogens is 225 g/mol. The first-order chi connectivity index (χ1) is 7.76. The molecule has 1 aromatic carbocycles. The number of ether oxygens (including phenoxy) is 1. The summed E-state index contributed by atoms with van der Waals surface area (Å²) in [5, 5.41) is 0. The maximum Gasteiger partial charge on any atom is 0.173 e. The molecule has 0 radical (unpaired) electrons. The third-order valence-corrected chi connectivity index (χ3v) is 3.45. The van der Waals surface area contributed by atoms with Crippen LogP contribution in [0.15, 0.2) is 30.3 Å². The minimum Gasteiger partial charge on any atom is -0.494 e. The highest BCUT2D eigenvalue weighted by molar-refractivity contribution is 7.15. The van der Waals surface area contributed by atoms with Gasteiger partial charge in [0.2, 0.25) is 0 Å². The van der Waals surface area contributed by atoms with Crippen LogP contribution in [0.1, 0.15) is 4.88 Å². The second-order valence-electron chi connectivity index (χ2n) is 3.29. The zero-order valence-electron chi connectivity index (χ0n) is 8.87. The van der Waals surface area contributed by atoms with Crippen LogP contribution in [0, 0.1) is 5.82 Å². The molecule has 0 bridgehead atoms. The van der Waals surface area contributed by atoms with Crippen LogP contribution < -0.4 is 10.5 Å². The minimum atomic E-state index is -0.324. The van der Waals surface area contributed by atoms with Crippen LogP contribution in [0.25, 0.3) is 10.4 Å². The molecule has 0 saturated heterocycles. The Labute approximate surface area is 97.5 Å². The molecular formula is C12H12FNOS. The summed E-state index contributed by atoms with van der Waals surface area (Å²) < 4.78 is 18.9. The summed E-state index contributed by atoms with van der Waals surface area (Å²) in [6.45, 7) is 0.482. The number of thiophene rings is 1. The lowest BCUT2D eigenvalue weighted by atomic mass is 10.1. The molecule has 2 aromatic rings. The fourth-order valence-electron chi connectivity index (χ4n) is 1.49. The van der Waals surface area contributed by atoms with Gasteiger partial charge >= 0.3 is 0 Å². The van der Waals surface area contributed by atoms with Crippen molar-refractivity contribution in [2.75, 3.05) is 7.11 Å². The summed E-state index contributed by atoms with van der Waals surface area (Å²) in [5.41, 5.74) is 6.09. The molecule has 1 aromatic heterocycles. The fraction of sp³-hybridized carbons (Fsp3) is 0.167. The SMILES string of the molecule is COc1cccc(-c2ccc(CN)s2)c1F. The normalized spacial score (nSPS) is 10.4. The summed E-state index contributed by atoms with van der Waals surface area (Å²) >= 11 is 1.50. The van der Waals surface area contributed by atoms with Crippen LogP contribution in [-0.4, -0.2) is 7.11 Å². The number of rotatable bonds is 3. The van der Waals surface area contributed by atoms with E-state index in [1.807, 2.05) is 12.1 Å². The highest BCUT2D eigenvalue weighted by Gasteiger charge is 2.11. The number of hydrogen-bond donors (Lipinski definition) is 1. The number of hydrogen-bond acceptors (Lipinski definition) is 3. The van der Waals surface area contributed by atoms with E-state index < -0.39 is 0 Å². The fourth-order valence-corrected chi connectivity index (χ4v) is 2.40. The quantitative estimate of drug-likeness (QED) is 0.890. The summed E-state index contributed by atoms with van der Waals surface area (Å²) in [6, 6.07) is 8.92. The maximum absolute atomic E-state index is 13.9. The first kappa shape index (κ1) is 11.1. The van der Waals surface area contributed by atoms with E-state index in [0.29, 0.717) is 12.1 Å². The second-order valence-corrected chi connectivity index (χ2v) is 4.46. The molecule has 16 heavy (non-hydrogen) atoms. The highest BCUT2D eigenvalue weighted by atomic mass is 32.1. The Kier molecular flexibility index (Phi) is 3.22. The Hall–Kier alpha value is -1.39. The van der Waals surface area contributed by atoms with Crippen LogP contribution >= 0.6 is 11.3 Å². The van der Waals surface area contributed by atoms with E-state index in [0.717, 1.165) is 9.75 Å². The molecule has 0 aliphatic rings. The van der Waals surface area contributed by atoms with Gasteiger partial charge in [-0.1, -0.05) is 12.1 Å². The third kappa shape index (κ3) is 1.94. The van der Waals surface area contributed by atoms with E-state index in [2.05, 4.69) is 0 Å². The molecule has 0 unspecified atom stereocenters. The summed E-state index contributed by atoms with van der Waals surface area (Å²) in [5.74, 6) is -0.0596. The van der Waals surface area contributed by atoms with Crippen molar-refractivity contribution in [2.24, 2.45) is 5.73 Å². The Morgan fingerprint density at radius 1 is 1.31 bits per heavy atom. The maximum atomic E-state index is 13.9. The van der Waals surface area contributed by atoms with Gasteiger partial charge in [-0.25, -0.2) is 4.39 Å². The van der Waals surface area contributed by atoms with Crippen LogP contribution in [-0.2, 0) is 6.54 Å². The molecule has 4 heteroatoms. The van der Waals surface area contributed by atoms with Gasteiger partial charge in [-0.3, -0.25) is 0 Å². The van der Waals surface area contributed by atoms with Crippen LogP contribution in [0.2, 0.25) is 0 Å². The summed E-state index contributed by atoms with van der Waals surface area (Å²) in [4.78, 5) is 1.91. The molecule has 0 aliphatic heterocycles. The van der Waals surface area contributed by atoms with E-state index in [1.165, 1.54) is 18.4 Å². The average Bonchev–Trinajstić information content (AvgIpc) is 2.78. The minimum absolute atomic E-state index is 0.264. The van der Waals surface area contributed by atoms with Gasteiger partial charge in [0.05, 0.1) is 7.11 Å². The first-order valence-corrected chi connectivity index (χ1v) is 5.69. The molecule has 84 valence electrons. The monoisotopic (exact) mass is 237 g/mol. The van der Waals surface area contributed by atoms with Gasteiger partial charge in [0, 0.05) is 21.9 Å². The number of nitrogens with two attached hydrogens (primary N) is 1. The van der Waals surface area contributed by atoms with Gasteiger partial charge in [0.1, 0.15) is 0 Å². The molecule has 0 spiro atoms. The predicted molar refractivity (Wildman–Crippen MR) is 64.2 cm³/mol. The zero-order valence-corrected chi connectivity index (χ0v) is 9.68. The van der Waals surface area contributed by atoms with Crippen molar-refractivity contribution < 1.29 is 9.13 Å². The topological polar surface area (TPSA) is 35.2 Å². The van der Waals surface area contributed by atoms with Gasteiger partial charge < -0.3 is 10.5 Å². The molecule has 0 amide bonds. The highest BCUT2D eigenvalue weighted by Crippen LogP contribution is 2.33. The van der Waals surface area contributed by atoms with E-state index in [9.17, 15) is 4.39 Å². The standard InChI is InChI=1S/C12H12FNOS/c1-15-10-4-2-3-9(12(10)13)11-6-5-8(7-14)16-11/h2-6H,7,14H2,1H3. The van der Waals surface area contributed by atoms with Crippen LogP contribution in [0.3, 0.4) is 0 Å². The number of halogens is 1. The van der Waals surface area contributed by atoms with Crippen molar-refractivity contribution in [3.05, 3.63) is 41.0 Å². The Morgan fingerprint density at radius 3 is 2.75 bits per heavy atom. The van der Waals surface area contributed by atoms with E-state index in [1.54, 1.807) is 18.2 Å². The molecule has 2 N–H and O–H groups in total. The van der Waals surface area contributed by atoms with Crippen molar-refractivity contribution in [3.63, 3.8) is 0 Å². The van der Waals surface area contributed by atoms with Gasteiger partial charge in [-0.2, -0.15) is 0 Å². The summed E-state index contributed by atoms with van der Waals surface area (Å²) in [7, 11) is 1.46. The molecule has 2 rings (SSSR count). The van der Waals surface area contributed by atoms with Crippen molar-refractivity contribution in [2.45, 2.75) is 6.54 Å². The van der Waals surface area contributed by atoms with E-state index in [-0.39, 0.29) is 11.6 Å². The molecule has 0 aliphatic carbocycles. The van der Waals surface area contributed by atoms with Crippen molar-refractivity contribution >= 4 is 11.3 Å². The first-order valence-electron chi connectivity index (χ1n) is 4.88. The van der Waals surface area contributed by atoms with Gasteiger partial charge in [-0.15, -0.1) is 11.3 Å². The van der Waals surface area contributed by atoms with Crippen molar-refractivity contribution in [1.82, 2.24) is 0 Å². The molecule has 0 atom stereocenters. The van der Waals surface area contributed by atoms with Crippen LogP contribution in [0.4, 0.5) is 4.39 Å². The van der Waals surface area contributed by atoms with Gasteiger partial charge in [0.25, 0.3) is 0 Å². The van der Waals surface area contributed by atoms with Crippen LogP contribution in [0.5, 0.6) is 5.75 Å². The number of benzene rings is 1. The number of methoxy groups -OCH3 is 1. The second kappa shape index (κ2) is 4.63. The van der Waals surface area contributed by atoms with Gasteiger partial charge in [0.15, 0.2) is 11.6 Å². The molecule has 1 heterocycles. The average molecular weight is 237 g/mol. The largest absolute Gasteiger partial charge is 0.494 e.